The van der Waals surface area contributed by atoms with Crippen LogP contribution in [0.2, 0.25) is 0 Å². The van der Waals surface area contributed by atoms with Gasteiger partial charge in [0.1, 0.15) is 0 Å². The lowest BCUT2D eigenvalue weighted by Crippen LogP contribution is -2.40. The van der Waals surface area contributed by atoms with Crippen LogP contribution in [0.25, 0.3) is 0 Å². The molecule has 3 atom stereocenters. The monoisotopic (exact) mass is 408 g/mol. The van der Waals surface area contributed by atoms with Crippen molar-refractivity contribution in [3.8, 4) is 0 Å². The third-order valence-corrected chi connectivity index (χ3v) is 7.25. The predicted octanol–water partition coefficient (Wildman–Crippen LogP) is 3.77. The Morgan fingerprint density at radius 2 is 1.92 bits per heavy atom. The highest BCUT2D eigenvalue weighted by Crippen LogP contribution is 2.51. The van der Waals surface area contributed by atoms with Crippen LogP contribution in [0, 0.1) is 5.92 Å². The molecule has 5 heteroatoms. The minimum atomic E-state index is 0.616. The zero-order valence-electron chi connectivity index (χ0n) is 14.2. The molecule has 0 aliphatic carbocycles. The average Bonchev–Trinajstić information content (AvgIpc) is 2.98. The van der Waals surface area contributed by atoms with E-state index >= 15 is 0 Å². The lowest BCUT2D eigenvalue weighted by molar-refractivity contribution is 0.0377. The summed E-state index contributed by atoms with van der Waals surface area (Å²) in [6, 6.07) is 8.96. The van der Waals surface area contributed by atoms with Gasteiger partial charge in [-0.1, -0.05) is 28.1 Å². The highest BCUT2D eigenvalue weighted by atomic mass is 79.9. The molecule has 3 unspecified atom stereocenters. The summed E-state index contributed by atoms with van der Waals surface area (Å²) in [5.41, 5.74) is 1.48. The third kappa shape index (κ3) is 3.69. The van der Waals surface area contributed by atoms with Crippen LogP contribution in [0.15, 0.2) is 39.8 Å². The number of nitrogens with zero attached hydrogens (tertiary/aromatic N) is 2. The molecule has 3 nitrogen and oxygen atoms in total. The van der Waals surface area contributed by atoms with E-state index in [4.69, 9.17) is 4.74 Å². The van der Waals surface area contributed by atoms with E-state index in [-0.39, 0.29) is 0 Å². The van der Waals surface area contributed by atoms with Crippen molar-refractivity contribution in [3.05, 3.63) is 45.4 Å². The number of hydrogen-bond donors (Lipinski definition) is 0. The Kier molecular flexibility index (Phi) is 5.23. The second kappa shape index (κ2) is 7.40. The van der Waals surface area contributed by atoms with Crippen molar-refractivity contribution in [2.24, 2.45) is 5.92 Å². The van der Waals surface area contributed by atoms with Crippen LogP contribution in [0.3, 0.4) is 0 Å². The largest absolute Gasteiger partial charge is 0.379 e. The molecule has 0 N–H and O–H groups in total. The Labute approximate surface area is 157 Å². The van der Waals surface area contributed by atoms with Crippen LogP contribution >= 0.6 is 27.7 Å². The van der Waals surface area contributed by atoms with Crippen molar-refractivity contribution < 1.29 is 4.74 Å². The minimum Gasteiger partial charge on any atom is -0.379 e. The Hall–Kier alpha value is -0.490. The van der Waals surface area contributed by atoms with Crippen molar-refractivity contribution in [1.82, 2.24) is 9.80 Å². The molecule has 130 valence electrons. The molecular weight excluding hydrogens is 384 g/mol. The van der Waals surface area contributed by atoms with E-state index in [0.29, 0.717) is 11.8 Å². The van der Waals surface area contributed by atoms with Crippen LogP contribution in [-0.4, -0.2) is 61.5 Å². The fraction of sp³-hybridized carbons (Fsp3) is 0.579. The van der Waals surface area contributed by atoms with Crippen LogP contribution in [-0.2, 0) is 4.74 Å². The van der Waals surface area contributed by atoms with Gasteiger partial charge in [0.2, 0.25) is 0 Å². The fourth-order valence-corrected chi connectivity index (χ4v) is 6.07. The summed E-state index contributed by atoms with van der Waals surface area (Å²) in [5.74, 6) is 1.31. The smallest absolute Gasteiger partial charge is 0.0594 e. The molecule has 0 spiro atoms. The maximum atomic E-state index is 5.49. The Bertz CT molecular complexity index is 600. The minimum absolute atomic E-state index is 0.616. The summed E-state index contributed by atoms with van der Waals surface area (Å²) >= 11 is 5.68. The van der Waals surface area contributed by atoms with Gasteiger partial charge >= 0.3 is 0 Å². The Morgan fingerprint density at radius 1 is 1.17 bits per heavy atom. The zero-order chi connectivity index (χ0) is 16.5. The first-order valence-corrected chi connectivity index (χ1v) is 10.5. The number of allylic oxidation sites excluding steroid dienone is 1. The van der Waals surface area contributed by atoms with Gasteiger partial charge in [-0.05, 0) is 24.1 Å². The van der Waals surface area contributed by atoms with E-state index in [9.17, 15) is 0 Å². The summed E-state index contributed by atoms with van der Waals surface area (Å²) in [5, 5.41) is 0.726. The number of morpholine rings is 1. The summed E-state index contributed by atoms with van der Waals surface area (Å²) < 4.78 is 6.65. The van der Waals surface area contributed by atoms with Gasteiger partial charge in [0.25, 0.3) is 0 Å². The number of benzene rings is 1. The van der Waals surface area contributed by atoms with Gasteiger partial charge in [0.05, 0.1) is 13.2 Å². The van der Waals surface area contributed by atoms with Gasteiger partial charge in [0.15, 0.2) is 0 Å². The molecule has 0 bridgehead atoms. The molecule has 4 rings (SSSR count). The molecule has 2 fully saturated rings. The lowest BCUT2D eigenvalue weighted by Gasteiger charge is -2.34. The van der Waals surface area contributed by atoms with Gasteiger partial charge in [0, 0.05) is 65.9 Å². The van der Waals surface area contributed by atoms with Crippen LogP contribution < -0.4 is 0 Å². The number of fused-ring (bicyclic) bond motifs is 1. The first-order chi connectivity index (χ1) is 11.7. The SMILES string of the molecule is CN1C=C2SC(CN3CCOCC3)CC2C(c2ccc(Br)cc2)C1. The van der Waals surface area contributed by atoms with Crippen molar-refractivity contribution in [1.29, 1.82) is 0 Å². The maximum Gasteiger partial charge on any atom is 0.0594 e. The second-order valence-corrected chi connectivity index (χ2v) is 9.41. The molecule has 3 heterocycles. The molecule has 1 aromatic rings. The predicted molar refractivity (Wildman–Crippen MR) is 104 cm³/mol. The van der Waals surface area contributed by atoms with Crippen LogP contribution in [0.1, 0.15) is 17.9 Å². The normalized spacial score (nSPS) is 31.0. The quantitative estimate of drug-likeness (QED) is 0.755. The number of ether oxygens (including phenoxy) is 1. The molecular formula is C19H25BrN2OS. The van der Waals surface area contributed by atoms with E-state index in [0.717, 1.165) is 42.6 Å². The Morgan fingerprint density at radius 3 is 2.67 bits per heavy atom. The molecule has 0 aromatic heterocycles. The molecule has 3 aliphatic heterocycles. The first-order valence-electron chi connectivity index (χ1n) is 8.83. The van der Waals surface area contributed by atoms with Crippen molar-refractivity contribution >= 4 is 27.7 Å². The summed E-state index contributed by atoms with van der Waals surface area (Å²) in [7, 11) is 2.21. The van der Waals surface area contributed by atoms with Crippen LogP contribution in [0.5, 0.6) is 0 Å². The summed E-state index contributed by atoms with van der Waals surface area (Å²) in [4.78, 5) is 6.55. The van der Waals surface area contributed by atoms with E-state index in [2.05, 4.69) is 75.0 Å². The molecule has 2 saturated heterocycles. The number of rotatable bonds is 3. The summed E-state index contributed by atoms with van der Waals surface area (Å²) in [6.07, 6.45) is 3.70. The van der Waals surface area contributed by atoms with Gasteiger partial charge in [-0.15, -0.1) is 11.8 Å². The number of halogens is 1. The van der Waals surface area contributed by atoms with Gasteiger partial charge in [-0.25, -0.2) is 0 Å². The molecule has 0 radical (unpaired) electrons. The molecule has 0 saturated carbocycles. The number of hydrogen-bond acceptors (Lipinski definition) is 4. The van der Waals surface area contributed by atoms with Crippen LogP contribution in [0.4, 0.5) is 0 Å². The maximum absolute atomic E-state index is 5.49. The zero-order valence-corrected chi connectivity index (χ0v) is 16.6. The van der Waals surface area contributed by atoms with Crippen molar-refractivity contribution in [2.75, 3.05) is 46.4 Å². The van der Waals surface area contributed by atoms with E-state index in [1.165, 1.54) is 18.5 Å². The standard InChI is InChI=1S/C19H25BrN2OS/c1-21-12-18(14-2-4-15(20)5-3-14)17-10-16(24-19(17)13-21)11-22-6-8-23-9-7-22/h2-5,13,16-18H,6-12H2,1H3. The Balaban J connectivity index is 1.48. The molecule has 0 amide bonds. The van der Waals surface area contributed by atoms with E-state index in [1.807, 2.05) is 0 Å². The lowest BCUT2D eigenvalue weighted by atomic mass is 9.81. The molecule has 1 aromatic carbocycles. The van der Waals surface area contributed by atoms with Crippen molar-refractivity contribution in [2.45, 2.75) is 17.6 Å². The van der Waals surface area contributed by atoms with E-state index in [1.54, 1.807) is 4.91 Å². The highest BCUT2D eigenvalue weighted by Gasteiger charge is 2.39. The molecule has 24 heavy (non-hydrogen) atoms. The first kappa shape index (κ1) is 17.0. The number of likely N-dealkylation sites (N-methyl/N-ethyl adjacent to an activating group) is 1. The fourth-order valence-electron chi connectivity index (χ4n) is 4.15. The van der Waals surface area contributed by atoms with Gasteiger partial charge < -0.3 is 9.64 Å². The van der Waals surface area contributed by atoms with Gasteiger partial charge in [-0.3, -0.25) is 4.90 Å². The van der Waals surface area contributed by atoms with Crippen molar-refractivity contribution in [3.63, 3.8) is 0 Å². The topological polar surface area (TPSA) is 15.7 Å². The average molecular weight is 409 g/mol. The summed E-state index contributed by atoms with van der Waals surface area (Å²) in [6.45, 7) is 6.31. The molecule has 3 aliphatic rings. The third-order valence-electron chi connectivity index (χ3n) is 5.37. The van der Waals surface area contributed by atoms with E-state index < -0.39 is 0 Å². The second-order valence-electron chi connectivity index (χ2n) is 7.12. The number of thioether (sulfide) groups is 1. The van der Waals surface area contributed by atoms with Gasteiger partial charge in [-0.2, -0.15) is 0 Å². The highest BCUT2D eigenvalue weighted by molar-refractivity contribution is 9.10.